The summed E-state index contributed by atoms with van der Waals surface area (Å²) in [5.74, 6) is -1.48. The van der Waals surface area contributed by atoms with Crippen LogP contribution in [-0.2, 0) is 9.59 Å². The fourth-order valence-electron chi connectivity index (χ4n) is 2.64. The Bertz CT molecular complexity index is 749. The van der Waals surface area contributed by atoms with Gasteiger partial charge in [0.2, 0.25) is 0 Å². The van der Waals surface area contributed by atoms with Gasteiger partial charge in [-0.15, -0.1) is 11.8 Å². The van der Waals surface area contributed by atoms with Gasteiger partial charge in [0, 0.05) is 5.75 Å². The maximum Gasteiger partial charge on any atom is 0.352 e. The van der Waals surface area contributed by atoms with Crippen LogP contribution in [0.15, 0.2) is 35.5 Å². The number of benzene rings is 1. The van der Waals surface area contributed by atoms with Crippen LogP contribution in [0.2, 0.25) is 5.02 Å². The molecule has 6 nitrogen and oxygen atoms in total. The van der Waals surface area contributed by atoms with Crippen LogP contribution in [0.1, 0.15) is 17.3 Å². The van der Waals surface area contributed by atoms with Gasteiger partial charge in [0.1, 0.15) is 17.1 Å². The van der Waals surface area contributed by atoms with Gasteiger partial charge in [0.15, 0.2) is 0 Å². The van der Waals surface area contributed by atoms with Crippen molar-refractivity contribution >= 4 is 41.1 Å². The molecule has 2 aliphatic heterocycles. The maximum atomic E-state index is 12.3. The summed E-state index contributed by atoms with van der Waals surface area (Å²) in [7, 11) is 0. The third kappa shape index (κ3) is 2.60. The molecule has 8 heteroatoms. The summed E-state index contributed by atoms with van der Waals surface area (Å²) >= 11 is 7.41. The first-order valence-corrected chi connectivity index (χ1v) is 8.27. The second-order valence-electron chi connectivity index (χ2n) is 5.27. The molecule has 2 N–H and O–H groups in total. The van der Waals surface area contributed by atoms with Gasteiger partial charge in [-0.3, -0.25) is 14.5 Å². The van der Waals surface area contributed by atoms with Gasteiger partial charge in [-0.25, -0.2) is 4.79 Å². The fourth-order valence-corrected chi connectivity index (χ4v) is 4.15. The molecule has 0 unspecified atom stereocenters. The number of nitrogens with zero attached hydrogens (tertiary/aromatic N) is 1. The molecule has 0 aliphatic carbocycles. The highest BCUT2D eigenvalue weighted by molar-refractivity contribution is 8.00. The Kier molecular flexibility index (Phi) is 4.08. The monoisotopic (exact) mass is 352 g/mol. The van der Waals surface area contributed by atoms with E-state index in [4.69, 9.17) is 11.6 Å². The Morgan fingerprint density at radius 2 is 2.09 bits per heavy atom. The van der Waals surface area contributed by atoms with Crippen LogP contribution in [0.3, 0.4) is 0 Å². The lowest BCUT2D eigenvalue weighted by molar-refractivity contribution is -0.148. The number of hydrogen-bond donors (Lipinski definition) is 2. The molecular weight excluding hydrogens is 340 g/mol. The number of aliphatic carboxylic acids is 1. The lowest BCUT2D eigenvalue weighted by Gasteiger charge is -2.49. The van der Waals surface area contributed by atoms with Gasteiger partial charge >= 0.3 is 5.97 Å². The number of amides is 2. The van der Waals surface area contributed by atoms with E-state index < -0.39 is 29.2 Å². The molecule has 1 fully saturated rings. The first-order valence-electron chi connectivity index (χ1n) is 6.85. The van der Waals surface area contributed by atoms with Crippen molar-refractivity contribution in [2.45, 2.75) is 18.3 Å². The second-order valence-corrected chi connectivity index (χ2v) is 6.79. The summed E-state index contributed by atoms with van der Waals surface area (Å²) in [6.45, 7) is 1.69. The zero-order chi connectivity index (χ0) is 16.7. The summed E-state index contributed by atoms with van der Waals surface area (Å²) in [6, 6.07) is 5.80. The summed E-state index contributed by atoms with van der Waals surface area (Å²) < 4.78 is 0. The number of carbonyl (C=O) groups excluding carboxylic acids is 2. The highest BCUT2D eigenvalue weighted by atomic mass is 35.5. The topological polar surface area (TPSA) is 86.7 Å². The third-order valence-corrected chi connectivity index (χ3v) is 5.52. The molecule has 2 atom stereocenters. The predicted molar refractivity (Wildman–Crippen MR) is 86.1 cm³/mol. The van der Waals surface area contributed by atoms with Crippen LogP contribution in [0.25, 0.3) is 0 Å². The molecule has 0 saturated carbocycles. The number of thioether (sulfide) groups is 1. The lowest BCUT2D eigenvalue weighted by atomic mass is 10.0. The molecule has 2 aliphatic rings. The average molecular weight is 353 g/mol. The van der Waals surface area contributed by atoms with Gasteiger partial charge in [-0.1, -0.05) is 23.7 Å². The molecule has 23 heavy (non-hydrogen) atoms. The normalized spacial score (nSPS) is 23.2. The standard InChI is InChI=1S/C15H13ClN2O4S/c1-7-6-23-14-10(13(20)18(14)11(7)15(21)22)17-12(19)8-4-2-3-5-9(8)16/h2-5,10,14H,6H2,1H3,(H,17,19)(H,21,22)/t10-,14+/m1/s1. The SMILES string of the molecule is CC1=C(C(=O)O)N2C(=O)[C@@H](NC(=O)c3ccccc3Cl)[C@@H]2SC1. The Hall–Kier alpha value is -1.99. The molecule has 2 amide bonds. The van der Waals surface area contributed by atoms with Gasteiger partial charge < -0.3 is 10.4 Å². The van der Waals surface area contributed by atoms with E-state index in [1.165, 1.54) is 16.7 Å². The largest absolute Gasteiger partial charge is 0.477 e. The van der Waals surface area contributed by atoms with Crippen molar-refractivity contribution in [2.75, 3.05) is 5.75 Å². The van der Waals surface area contributed by atoms with Crippen LogP contribution in [-0.4, -0.2) is 45.0 Å². The average Bonchev–Trinajstić information content (AvgIpc) is 2.52. The maximum absolute atomic E-state index is 12.3. The van der Waals surface area contributed by atoms with E-state index in [1.54, 1.807) is 31.2 Å². The number of fused-ring (bicyclic) bond motifs is 1. The van der Waals surface area contributed by atoms with Crippen molar-refractivity contribution in [3.8, 4) is 0 Å². The predicted octanol–water partition coefficient (Wildman–Crippen LogP) is 1.71. The number of rotatable bonds is 3. The molecule has 120 valence electrons. The third-order valence-electron chi connectivity index (χ3n) is 3.77. The van der Waals surface area contributed by atoms with E-state index >= 15 is 0 Å². The number of carboxylic acids is 1. The van der Waals surface area contributed by atoms with E-state index in [-0.39, 0.29) is 11.3 Å². The molecule has 2 heterocycles. The highest BCUT2D eigenvalue weighted by Gasteiger charge is 2.53. The van der Waals surface area contributed by atoms with Crippen LogP contribution < -0.4 is 5.32 Å². The zero-order valence-corrected chi connectivity index (χ0v) is 13.6. The van der Waals surface area contributed by atoms with Gasteiger partial charge in [0.25, 0.3) is 11.8 Å². The van der Waals surface area contributed by atoms with Crippen molar-refractivity contribution < 1.29 is 19.5 Å². The van der Waals surface area contributed by atoms with E-state index in [9.17, 15) is 19.5 Å². The van der Waals surface area contributed by atoms with Crippen molar-refractivity contribution in [3.05, 3.63) is 46.1 Å². The molecule has 0 aromatic heterocycles. The second kappa shape index (κ2) is 5.90. The number of hydrogen-bond acceptors (Lipinski definition) is 4. The van der Waals surface area contributed by atoms with E-state index in [2.05, 4.69) is 5.32 Å². The molecule has 0 spiro atoms. The number of nitrogens with one attached hydrogen (secondary N) is 1. The molecule has 0 radical (unpaired) electrons. The number of halogens is 1. The van der Waals surface area contributed by atoms with Gasteiger partial charge in [-0.05, 0) is 24.6 Å². The van der Waals surface area contributed by atoms with Crippen molar-refractivity contribution in [1.29, 1.82) is 0 Å². The van der Waals surface area contributed by atoms with Crippen LogP contribution in [0.5, 0.6) is 0 Å². The minimum atomic E-state index is -1.13. The number of carboxylic acid groups (broad SMARTS) is 1. The van der Waals surface area contributed by atoms with Crippen molar-refractivity contribution in [2.24, 2.45) is 0 Å². The molecule has 3 rings (SSSR count). The molecular formula is C15H13ClN2O4S. The quantitative estimate of drug-likeness (QED) is 0.809. The summed E-state index contributed by atoms with van der Waals surface area (Å²) in [5, 5.41) is 11.8. The number of β-lactam (4-membered cyclic amide) rings is 1. The molecule has 0 bridgehead atoms. The molecule has 1 aromatic carbocycles. The highest BCUT2D eigenvalue weighted by Crippen LogP contribution is 2.40. The first kappa shape index (κ1) is 15.9. The fraction of sp³-hybridized carbons (Fsp3) is 0.267. The van der Waals surface area contributed by atoms with Crippen molar-refractivity contribution in [1.82, 2.24) is 10.2 Å². The van der Waals surface area contributed by atoms with E-state index in [0.29, 0.717) is 16.3 Å². The Labute approximate surface area is 141 Å². The number of carbonyl (C=O) groups is 3. The summed E-state index contributed by atoms with van der Waals surface area (Å²) in [4.78, 5) is 37.1. The minimum Gasteiger partial charge on any atom is -0.477 e. The van der Waals surface area contributed by atoms with E-state index in [1.807, 2.05) is 0 Å². The summed E-state index contributed by atoms with van der Waals surface area (Å²) in [5.41, 5.74) is 0.941. The van der Waals surface area contributed by atoms with Crippen LogP contribution in [0.4, 0.5) is 0 Å². The molecule has 1 saturated heterocycles. The zero-order valence-electron chi connectivity index (χ0n) is 12.1. The van der Waals surface area contributed by atoms with Crippen molar-refractivity contribution in [3.63, 3.8) is 0 Å². The van der Waals surface area contributed by atoms with Crippen LogP contribution in [0, 0.1) is 0 Å². The smallest absolute Gasteiger partial charge is 0.352 e. The van der Waals surface area contributed by atoms with E-state index in [0.717, 1.165) is 0 Å². The van der Waals surface area contributed by atoms with Crippen LogP contribution >= 0.6 is 23.4 Å². The molecule has 1 aromatic rings. The Morgan fingerprint density at radius 3 is 2.74 bits per heavy atom. The Morgan fingerprint density at radius 1 is 1.39 bits per heavy atom. The minimum absolute atomic E-state index is 0.0157. The summed E-state index contributed by atoms with van der Waals surface area (Å²) in [6.07, 6.45) is 0. The lowest BCUT2D eigenvalue weighted by Crippen LogP contribution is -2.70. The van der Waals surface area contributed by atoms with Gasteiger partial charge in [0.05, 0.1) is 10.6 Å². The Balaban J connectivity index is 1.78. The first-order chi connectivity index (χ1) is 10.9. The van der Waals surface area contributed by atoms with Gasteiger partial charge in [-0.2, -0.15) is 0 Å².